The maximum Gasteiger partial charge on any atom is 0.133 e. The zero-order valence-electron chi connectivity index (χ0n) is 11.1. The molecular weight excluding hydrogens is 450 g/mol. The third kappa shape index (κ3) is 3.45. The van der Waals surface area contributed by atoms with Crippen LogP contribution < -0.4 is 10.1 Å². The van der Waals surface area contributed by atoms with E-state index in [2.05, 4.69) is 71.3 Å². The van der Waals surface area contributed by atoms with Crippen LogP contribution in [0.3, 0.4) is 0 Å². The van der Waals surface area contributed by atoms with Crippen molar-refractivity contribution in [2.75, 3.05) is 14.2 Å². The van der Waals surface area contributed by atoms with Crippen LogP contribution in [-0.2, 0) is 0 Å². The van der Waals surface area contributed by atoms with E-state index in [1.54, 1.807) is 7.11 Å². The summed E-state index contributed by atoms with van der Waals surface area (Å²) in [6.45, 7) is 0. The average molecular weight is 464 g/mol. The standard InChI is InChI=1S/C15H14Br3NO/c1-19-15(11-8-10(16)4-5-12(11)17)9-3-6-14(20-2)13(18)7-9/h3-8,15,19H,1-2H3. The number of hydrogen-bond donors (Lipinski definition) is 1. The molecule has 1 unspecified atom stereocenters. The van der Waals surface area contributed by atoms with E-state index >= 15 is 0 Å². The maximum absolute atomic E-state index is 5.28. The molecule has 0 spiro atoms. The summed E-state index contributed by atoms with van der Waals surface area (Å²) >= 11 is 10.7. The topological polar surface area (TPSA) is 21.3 Å². The number of methoxy groups -OCH3 is 1. The summed E-state index contributed by atoms with van der Waals surface area (Å²) in [5.74, 6) is 0.830. The Labute approximate surface area is 144 Å². The van der Waals surface area contributed by atoms with Gasteiger partial charge in [0, 0.05) is 8.95 Å². The molecule has 0 saturated carbocycles. The van der Waals surface area contributed by atoms with Crippen molar-refractivity contribution in [3.63, 3.8) is 0 Å². The Balaban J connectivity index is 2.46. The van der Waals surface area contributed by atoms with E-state index < -0.39 is 0 Å². The van der Waals surface area contributed by atoms with Crippen molar-refractivity contribution in [3.05, 3.63) is 60.9 Å². The molecule has 0 aliphatic rings. The summed E-state index contributed by atoms with van der Waals surface area (Å²) in [5.41, 5.74) is 2.35. The fourth-order valence-corrected chi connectivity index (χ4v) is 3.51. The second-order valence-electron chi connectivity index (χ2n) is 4.28. The van der Waals surface area contributed by atoms with Crippen LogP contribution in [-0.4, -0.2) is 14.2 Å². The van der Waals surface area contributed by atoms with Crippen LogP contribution in [0.5, 0.6) is 5.75 Å². The minimum Gasteiger partial charge on any atom is -0.496 e. The molecule has 20 heavy (non-hydrogen) atoms. The van der Waals surface area contributed by atoms with E-state index in [9.17, 15) is 0 Å². The fourth-order valence-electron chi connectivity index (χ4n) is 2.10. The number of rotatable bonds is 4. The fraction of sp³-hybridized carbons (Fsp3) is 0.200. The molecule has 0 amide bonds. The smallest absolute Gasteiger partial charge is 0.133 e. The molecule has 2 nitrogen and oxygen atoms in total. The molecule has 0 heterocycles. The van der Waals surface area contributed by atoms with Crippen LogP contribution >= 0.6 is 47.8 Å². The van der Waals surface area contributed by atoms with Gasteiger partial charge in [-0.3, -0.25) is 0 Å². The largest absolute Gasteiger partial charge is 0.496 e. The third-order valence-corrected chi connectivity index (χ3v) is 4.90. The highest BCUT2D eigenvalue weighted by Crippen LogP contribution is 2.34. The van der Waals surface area contributed by atoms with E-state index in [4.69, 9.17) is 4.74 Å². The molecule has 2 rings (SSSR count). The van der Waals surface area contributed by atoms with Crippen molar-refractivity contribution >= 4 is 47.8 Å². The van der Waals surface area contributed by atoms with Crippen molar-refractivity contribution in [2.45, 2.75) is 6.04 Å². The Kier molecular flexibility index (Phi) is 5.66. The van der Waals surface area contributed by atoms with Crippen LogP contribution in [0.25, 0.3) is 0 Å². The van der Waals surface area contributed by atoms with Gasteiger partial charge in [0.05, 0.1) is 17.6 Å². The van der Waals surface area contributed by atoms with Gasteiger partial charge in [0.25, 0.3) is 0 Å². The van der Waals surface area contributed by atoms with Crippen molar-refractivity contribution < 1.29 is 4.74 Å². The van der Waals surface area contributed by atoms with E-state index in [0.29, 0.717) is 0 Å². The second kappa shape index (κ2) is 7.07. The lowest BCUT2D eigenvalue weighted by Gasteiger charge is -2.20. The SMILES string of the molecule is CNC(c1ccc(OC)c(Br)c1)c1cc(Br)ccc1Br. The van der Waals surface area contributed by atoms with Crippen LogP contribution in [0.1, 0.15) is 17.2 Å². The van der Waals surface area contributed by atoms with Gasteiger partial charge in [0.15, 0.2) is 0 Å². The molecule has 2 aromatic carbocycles. The number of nitrogens with one attached hydrogen (secondary N) is 1. The Morgan fingerprint density at radius 1 is 1.00 bits per heavy atom. The van der Waals surface area contributed by atoms with E-state index in [1.807, 2.05) is 25.2 Å². The van der Waals surface area contributed by atoms with Gasteiger partial charge >= 0.3 is 0 Å². The van der Waals surface area contributed by atoms with Crippen molar-refractivity contribution in [1.29, 1.82) is 0 Å². The van der Waals surface area contributed by atoms with E-state index in [1.165, 1.54) is 11.1 Å². The molecule has 0 fully saturated rings. The summed E-state index contributed by atoms with van der Waals surface area (Å²) in [6.07, 6.45) is 0. The highest BCUT2D eigenvalue weighted by atomic mass is 79.9. The molecule has 5 heteroatoms. The predicted octanol–water partition coefficient (Wildman–Crippen LogP) is 5.29. The minimum atomic E-state index is 0.101. The van der Waals surface area contributed by atoms with Gasteiger partial charge in [-0.15, -0.1) is 0 Å². The van der Waals surface area contributed by atoms with Gasteiger partial charge < -0.3 is 10.1 Å². The van der Waals surface area contributed by atoms with E-state index in [-0.39, 0.29) is 6.04 Å². The zero-order chi connectivity index (χ0) is 14.7. The molecule has 0 aliphatic carbocycles. The number of hydrogen-bond acceptors (Lipinski definition) is 2. The van der Waals surface area contributed by atoms with Gasteiger partial charge in [-0.1, -0.05) is 37.9 Å². The summed E-state index contributed by atoms with van der Waals surface area (Å²) in [7, 11) is 3.62. The molecule has 1 N–H and O–H groups in total. The molecule has 0 aromatic heterocycles. The lowest BCUT2D eigenvalue weighted by molar-refractivity contribution is 0.412. The quantitative estimate of drug-likeness (QED) is 0.665. The molecule has 106 valence electrons. The van der Waals surface area contributed by atoms with E-state index in [0.717, 1.165) is 19.2 Å². The van der Waals surface area contributed by atoms with Gasteiger partial charge in [-0.05, 0) is 64.4 Å². The Bertz CT molecular complexity index is 616. The molecule has 0 saturated heterocycles. The third-order valence-electron chi connectivity index (χ3n) is 3.07. The van der Waals surface area contributed by atoms with Gasteiger partial charge in [0.1, 0.15) is 5.75 Å². The van der Waals surface area contributed by atoms with Gasteiger partial charge in [-0.25, -0.2) is 0 Å². The lowest BCUT2D eigenvalue weighted by Crippen LogP contribution is -2.18. The number of halogens is 3. The Morgan fingerprint density at radius 3 is 2.35 bits per heavy atom. The van der Waals surface area contributed by atoms with Crippen LogP contribution in [0.2, 0.25) is 0 Å². The normalized spacial score (nSPS) is 12.2. The molecule has 0 aliphatic heterocycles. The molecule has 1 atom stereocenters. The van der Waals surface area contributed by atoms with Crippen LogP contribution in [0.4, 0.5) is 0 Å². The van der Waals surface area contributed by atoms with Gasteiger partial charge in [0.2, 0.25) is 0 Å². The van der Waals surface area contributed by atoms with Crippen molar-refractivity contribution in [2.24, 2.45) is 0 Å². The molecular formula is C15H14Br3NO. The van der Waals surface area contributed by atoms with Crippen LogP contribution in [0, 0.1) is 0 Å². The summed E-state index contributed by atoms with van der Waals surface area (Å²) in [4.78, 5) is 0. The van der Waals surface area contributed by atoms with Crippen molar-refractivity contribution in [1.82, 2.24) is 5.32 Å². The highest BCUT2D eigenvalue weighted by molar-refractivity contribution is 9.11. The van der Waals surface area contributed by atoms with Crippen LogP contribution in [0.15, 0.2) is 49.8 Å². The first kappa shape index (κ1) is 16.0. The monoisotopic (exact) mass is 461 g/mol. The Morgan fingerprint density at radius 2 is 1.75 bits per heavy atom. The molecule has 0 bridgehead atoms. The highest BCUT2D eigenvalue weighted by Gasteiger charge is 2.16. The second-order valence-corrected chi connectivity index (χ2v) is 6.91. The lowest BCUT2D eigenvalue weighted by atomic mass is 9.99. The molecule has 0 radical (unpaired) electrons. The zero-order valence-corrected chi connectivity index (χ0v) is 15.8. The summed E-state index contributed by atoms with van der Waals surface area (Å²) in [6, 6.07) is 12.4. The molecule has 2 aromatic rings. The maximum atomic E-state index is 5.28. The first-order valence-corrected chi connectivity index (χ1v) is 8.40. The van der Waals surface area contributed by atoms with Crippen molar-refractivity contribution in [3.8, 4) is 5.75 Å². The predicted molar refractivity (Wildman–Crippen MR) is 93.4 cm³/mol. The number of ether oxygens (including phenoxy) is 1. The summed E-state index contributed by atoms with van der Waals surface area (Å²) in [5, 5.41) is 3.35. The first-order valence-electron chi connectivity index (χ1n) is 6.02. The summed E-state index contributed by atoms with van der Waals surface area (Å²) < 4.78 is 8.36. The average Bonchev–Trinajstić information content (AvgIpc) is 2.44. The number of benzene rings is 2. The Hall–Kier alpha value is -0.360. The first-order chi connectivity index (χ1) is 9.56. The van der Waals surface area contributed by atoms with Gasteiger partial charge in [-0.2, -0.15) is 0 Å². The minimum absolute atomic E-state index is 0.101.